The van der Waals surface area contributed by atoms with Gasteiger partial charge in [0.15, 0.2) is 5.82 Å². The fraction of sp³-hybridized carbons (Fsp3) is 0.429. The van der Waals surface area contributed by atoms with Gasteiger partial charge in [-0.1, -0.05) is 0 Å². The molecule has 2 aromatic heterocycles. The smallest absolute Gasteiger partial charge is 0.272 e. The lowest BCUT2D eigenvalue weighted by Gasteiger charge is -2.18. The van der Waals surface area contributed by atoms with Crippen molar-refractivity contribution in [2.45, 2.75) is 20.4 Å². The van der Waals surface area contributed by atoms with Crippen molar-refractivity contribution >= 4 is 11.6 Å². The van der Waals surface area contributed by atoms with E-state index in [-0.39, 0.29) is 5.91 Å². The molecule has 0 bridgehead atoms. The van der Waals surface area contributed by atoms with Crippen LogP contribution < -0.4 is 5.32 Å². The Labute approximate surface area is 124 Å². The largest absolute Gasteiger partial charge is 0.378 e. The summed E-state index contributed by atoms with van der Waals surface area (Å²) < 4.78 is 1.65. The van der Waals surface area contributed by atoms with Crippen LogP contribution in [0.5, 0.6) is 0 Å². The highest BCUT2D eigenvalue weighted by atomic mass is 16.2. The SMILES string of the molecule is CCN(CC)C(=O)c1cc(NCc2ncn(C)n2)ccn1. The summed E-state index contributed by atoms with van der Waals surface area (Å²) in [7, 11) is 1.82. The van der Waals surface area contributed by atoms with Crippen LogP contribution in [0.1, 0.15) is 30.2 Å². The summed E-state index contributed by atoms with van der Waals surface area (Å²) in [6.45, 7) is 5.76. The third kappa shape index (κ3) is 3.77. The standard InChI is InChI=1S/C14H20N6O/c1-4-20(5-2)14(21)12-8-11(6-7-15-12)16-9-13-17-10-19(3)18-13/h6-8,10H,4-5,9H2,1-3H3,(H,15,16). The average molecular weight is 288 g/mol. The van der Waals surface area contributed by atoms with Crippen LogP contribution in [-0.4, -0.2) is 43.6 Å². The van der Waals surface area contributed by atoms with Crippen molar-refractivity contribution in [1.82, 2.24) is 24.6 Å². The summed E-state index contributed by atoms with van der Waals surface area (Å²) in [5, 5.41) is 7.39. The molecule has 0 spiro atoms. The molecule has 0 aromatic carbocycles. The lowest BCUT2D eigenvalue weighted by atomic mass is 10.2. The highest BCUT2D eigenvalue weighted by molar-refractivity contribution is 5.93. The minimum atomic E-state index is -0.0559. The van der Waals surface area contributed by atoms with E-state index in [1.165, 1.54) is 0 Å². The third-order valence-electron chi connectivity index (χ3n) is 3.13. The first-order valence-corrected chi connectivity index (χ1v) is 6.97. The maximum absolute atomic E-state index is 12.2. The fourth-order valence-corrected chi connectivity index (χ4v) is 1.98. The minimum Gasteiger partial charge on any atom is -0.378 e. The zero-order valence-corrected chi connectivity index (χ0v) is 12.6. The molecule has 0 fully saturated rings. The molecular formula is C14H20N6O. The molecule has 21 heavy (non-hydrogen) atoms. The second kappa shape index (κ2) is 6.83. The first-order chi connectivity index (χ1) is 10.1. The van der Waals surface area contributed by atoms with Gasteiger partial charge in [0, 0.05) is 32.0 Å². The third-order valence-corrected chi connectivity index (χ3v) is 3.13. The van der Waals surface area contributed by atoms with Gasteiger partial charge in [-0.25, -0.2) is 4.98 Å². The molecule has 0 saturated heterocycles. The maximum Gasteiger partial charge on any atom is 0.272 e. The summed E-state index contributed by atoms with van der Waals surface area (Å²) in [5.74, 6) is 0.644. The topological polar surface area (TPSA) is 75.9 Å². The second-order valence-electron chi connectivity index (χ2n) is 4.60. The molecule has 2 aromatic rings. The molecule has 1 amide bonds. The highest BCUT2D eigenvalue weighted by Gasteiger charge is 2.14. The molecule has 112 valence electrons. The Bertz CT molecular complexity index is 605. The zero-order valence-electron chi connectivity index (χ0n) is 12.6. The van der Waals surface area contributed by atoms with Crippen molar-refractivity contribution in [3.05, 3.63) is 36.2 Å². The molecule has 7 heteroatoms. The van der Waals surface area contributed by atoms with E-state index in [9.17, 15) is 4.79 Å². The van der Waals surface area contributed by atoms with Crippen LogP contribution >= 0.6 is 0 Å². The van der Waals surface area contributed by atoms with Crippen molar-refractivity contribution in [3.8, 4) is 0 Å². The van der Waals surface area contributed by atoms with Crippen molar-refractivity contribution < 1.29 is 4.79 Å². The highest BCUT2D eigenvalue weighted by Crippen LogP contribution is 2.11. The van der Waals surface area contributed by atoms with E-state index in [1.807, 2.05) is 27.0 Å². The summed E-state index contributed by atoms with van der Waals surface area (Å²) in [6.07, 6.45) is 3.28. The molecule has 2 heterocycles. The normalized spacial score (nSPS) is 10.4. The van der Waals surface area contributed by atoms with Gasteiger partial charge >= 0.3 is 0 Å². The van der Waals surface area contributed by atoms with Crippen LogP contribution in [0.2, 0.25) is 0 Å². The average Bonchev–Trinajstić information content (AvgIpc) is 2.92. The van der Waals surface area contributed by atoms with Crippen LogP contribution in [0.25, 0.3) is 0 Å². The number of nitrogens with zero attached hydrogens (tertiary/aromatic N) is 5. The molecule has 0 unspecified atom stereocenters. The number of anilines is 1. The molecule has 7 nitrogen and oxygen atoms in total. The molecule has 0 atom stereocenters. The van der Waals surface area contributed by atoms with Gasteiger partial charge in [-0.05, 0) is 26.0 Å². The zero-order chi connectivity index (χ0) is 15.2. The quantitative estimate of drug-likeness (QED) is 0.867. The monoisotopic (exact) mass is 288 g/mol. The van der Waals surface area contributed by atoms with Crippen LogP contribution in [0.4, 0.5) is 5.69 Å². The number of carbonyl (C=O) groups is 1. The number of rotatable bonds is 6. The van der Waals surface area contributed by atoms with E-state index in [2.05, 4.69) is 20.4 Å². The molecule has 1 N–H and O–H groups in total. The van der Waals surface area contributed by atoms with E-state index in [1.54, 1.807) is 28.2 Å². The number of pyridine rings is 1. The Kier molecular flexibility index (Phi) is 4.86. The Hall–Kier alpha value is -2.44. The van der Waals surface area contributed by atoms with Crippen LogP contribution in [0.3, 0.4) is 0 Å². The Morgan fingerprint density at radius 3 is 2.71 bits per heavy atom. The lowest BCUT2D eigenvalue weighted by Crippen LogP contribution is -2.31. The fourth-order valence-electron chi connectivity index (χ4n) is 1.98. The number of aryl methyl sites for hydroxylation is 1. The maximum atomic E-state index is 12.2. The van der Waals surface area contributed by atoms with E-state index < -0.39 is 0 Å². The van der Waals surface area contributed by atoms with Crippen molar-refractivity contribution in [2.75, 3.05) is 18.4 Å². The van der Waals surface area contributed by atoms with Crippen LogP contribution in [0.15, 0.2) is 24.7 Å². The molecule has 0 aliphatic heterocycles. The number of amides is 1. The van der Waals surface area contributed by atoms with Crippen molar-refractivity contribution in [1.29, 1.82) is 0 Å². The minimum absolute atomic E-state index is 0.0559. The first kappa shape index (κ1) is 15.0. The molecule has 0 radical (unpaired) electrons. The van der Waals surface area contributed by atoms with Crippen LogP contribution in [-0.2, 0) is 13.6 Å². The van der Waals surface area contributed by atoms with E-state index in [0.717, 1.165) is 5.69 Å². The Morgan fingerprint density at radius 1 is 1.33 bits per heavy atom. The predicted molar refractivity (Wildman–Crippen MR) is 79.8 cm³/mol. The Balaban J connectivity index is 2.05. The van der Waals surface area contributed by atoms with Gasteiger partial charge in [-0.3, -0.25) is 14.5 Å². The van der Waals surface area contributed by atoms with Gasteiger partial charge in [0.05, 0.1) is 6.54 Å². The molecule has 0 aliphatic rings. The summed E-state index contributed by atoms with van der Waals surface area (Å²) in [5.41, 5.74) is 1.27. The van der Waals surface area contributed by atoms with Gasteiger partial charge in [0.2, 0.25) is 0 Å². The molecular weight excluding hydrogens is 268 g/mol. The van der Waals surface area contributed by atoms with Gasteiger partial charge < -0.3 is 10.2 Å². The molecule has 0 saturated carbocycles. The van der Waals surface area contributed by atoms with Crippen LogP contribution in [0, 0.1) is 0 Å². The van der Waals surface area contributed by atoms with E-state index in [0.29, 0.717) is 31.2 Å². The van der Waals surface area contributed by atoms with Gasteiger partial charge in [0.25, 0.3) is 5.91 Å². The number of aromatic nitrogens is 4. The number of hydrogen-bond donors (Lipinski definition) is 1. The lowest BCUT2D eigenvalue weighted by molar-refractivity contribution is 0.0767. The number of carbonyl (C=O) groups excluding carboxylic acids is 1. The first-order valence-electron chi connectivity index (χ1n) is 6.97. The van der Waals surface area contributed by atoms with Crippen molar-refractivity contribution in [3.63, 3.8) is 0 Å². The van der Waals surface area contributed by atoms with Crippen molar-refractivity contribution in [2.24, 2.45) is 7.05 Å². The Morgan fingerprint density at radius 2 is 2.10 bits per heavy atom. The van der Waals surface area contributed by atoms with E-state index in [4.69, 9.17) is 0 Å². The molecule has 0 aliphatic carbocycles. The second-order valence-corrected chi connectivity index (χ2v) is 4.60. The van der Waals surface area contributed by atoms with Gasteiger partial charge in [-0.15, -0.1) is 0 Å². The van der Waals surface area contributed by atoms with E-state index >= 15 is 0 Å². The summed E-state index contributed by atoms with van der Waals surface area (Å²) in [4.78, 5) is 22.3. The summed E-state index contributed by atoms with van der Waals surface area (Å²) in [6, 6.07) is 3.57. The summed E-state index contributed by atoms with van der Waals surface area (Å²) >= 11 is 0. The predicted octanol–water partition coefficient (Wildman–Crippen LogP) is 1.30. The number of hydrogen-bond acceptors (Lipinski definition) is 5. The van der Waals surface area contributed by atoms with Gasteiger partial charge in [-0.2, -0.15) is 5.10 Å². The van der Waals surface area contributed by atoms with Gasteiger partial charge in [0.1, 0.15) is 12.0 Å². The molecule has 2 rings (SSSR count). The number of nitrogens with one attached hydrogen (secondary N) is 1.